The minimum absolute atomic E-state index is 0.0277. The van der Waals surface area contributed by atoms with E-state index >= 15 is 0 Å². The average Bonchev–Trinajstić information content (AvgIpc) is 2.75. The second-order valence-electron chi connectivity index (χ2n) is 4.59. The van der Waals surface area contributed by atoms with Crippen molar-refractivity contribution in [2.45, 2.75) is 18.4 Å². The number of hydrogen-bond acceptors (Lipinski definition) is 4. The number of nitrogens with zero attached hydrogens (tertiary/aromatic N) is 3. The molecule has 0 aliphatic rings. The van der Waals surface area contributed by atoms with Crippen molar-refractivity contribution in [3.05, 3.63) is 35.5 Å². The van der Waals surface area contributed by atoms with Crippen molar-refractivity contribution in [2.75, 3.05) is 16.6 Å². The van der Waals surface area contributed by atoms with E-state index in [0.717, 1.165) is 0 Å². The molecule has 0 amide bonds. The summed E-state index contributed by atoms with van der Waals surface area (Å²) in [7, 11) is -2.26. The van der Waals surface area contributed by atoms with E-state index in [1.54, 1.807) is 31.3 Å². The first-order chi connectivity index (χ1) is 9.87. The van der Waals surface area contributed by atoms with E-state index in [0.29, 0.717) is 24.3 Å². The van der Waals surface area contributed by atoms with Gasteiger partial charge in [0.1, 0.15) is 0 Å². The van der Waals surface area contributed by atoms with Gasteiger partial charge in [-0.1, -0.05) is 24.6 Å². The molecular weight excluding hydrogens is 312 g/mol. The molecule has 0 aliphatic heterocycles. The van der Waals surface area contributed by atoms with Gasteiger partial charge in [0, 0.05) is 19.3 Å². The Labute approximate surface area is 129 Å². The zero-order valence-electron chi connectivity index (χ0n) is 11.8. The molecule has 2 N–H and O–H groups in total. The van der Waals surface area contributed by atoms with Gasteiger partial charge in [-0.25, -0.2) is 0 Å². The van der Waals surface area contributed by atoms with Crippen LogP contribution in [0.25, 0.3) is 0 Å². The van der Waals surface area contributed by atoms with Crippen LogP contribution >= 0.6 is 11.6 Å². The van der Waals surface area contributed by atoms with Crippen molar-refractivity contribution in [1.82, 2.24) is 9.78 Å². The average molecular weight is 329 g/mol. The van der Waals surface area contributed by atoms with Gasteiger partial charge in [0.25, 0.3) is 10.0 Å². The molecule has 0 spiro atoms. The van der Waals surface area contributed by atoms with E-state index in [2.05, 4.69) is 5.10 Å². The number of sulfonamides is 1. The molecule has 0 bridgehead atoms. The third kappa shape index (κ3) is 2.98. The Morgan fingerprint density at radius 2 is 2.14 bits per heavy atom. The predicted octanol–water partition coefficient (Wildman–Crippen LogP) is 2.26. The Morgan fingerprint density at radius 1 is 1.43 bits per heavy atom. The first kappa shape index (κ1) is 15.7. The highest BCUT2D eigenvalue weighted by atomic mass is 35.5. The largest absolute Gasteiger partial charge is 0.399 e. The quantitative estimate of drug-likeness (QED) is 0.854. The highest BCUT2D eigenvalue weighted by molar-refractivity contribution is 7.92. The molecule has 1 aromatic carbocycles. The van der Waals surface area contributed by atoms with Crippen molar-refractivity contribution in [3.63, 3.8) is 0 Å². The van der Waals surface area contributed by atoms with Crippen LogP contribution in [0.5, 0.6) is 0 Å². The number of halogens is 1. The summed E-state index contributed by atoms with van der Waals surface area (Å²) < 4.78 is 28.3. The van der Waals surface area contributed by atoms with E-state index in [4.69, 9.17) is 17.3 Å². The molecule has 0 saturated carbocycles. The molecule has 0 fully saturated rings. The molecule has 0 aliphatic carbocycles. The Bertz CT molecular complexity index is 723. The summed E-state index contributed by atoms with van der Waals surface area (Å²) in [5.74, 6) is 0. The fraction of sp³-hybridized carbons (Fsp3) is 0.308. The summed E-state index contributed by atoms with van der Waals surface area (Å²) in [4.78, 5) is 0. The highest BCUT2D eigenvalue weighted by Gasteiger charge is 2.30. The summed E-state index contributed by atoms with van der Waals surface area (Å²) >= 11 is 5.98. The Balaban J connectivity index is 2.57. The van der Waals surface area contributed by atoms with Gasteiger partial charge >= 0.3 is 0 Å². The van der Waals surface area contributed by atoms with Gasteiger partial charge < -0.3 is 5.73 Å². The van der Waals surface area contributed by atoms with Gasteiger partial charge in [0.15, 0.2) is 5.03 Å². The molecule has 0 atom stereocenters. The minimum atomic E-state index is -3.80. The number of benzene rings is 1. The molecule has 0 unspecified atom stereocenters. The Morgan fingerprint density at radius 3 is 2.67 bits per heavy atom. The molecule has 0 radical (unpaired) electrons. The number of aromatic nitrogens is 2. The van der Waals surface area contributed by atoms with Gasteiger partial charge in [0.05, 0.1) is 16.9 Å². The van der Waals surface area contributed by atoms with Crippen LogP contribution in [0.3, 0.4) is 0 Å². The SMILES string of the molecule is CCCN(c1cccc(N)c1)S(=O)(=O)c1c(Cl)cnn1C. The van der Waals surface area contributed by atoms with Gasteiger partial charge in [0.2, 0.25) is 0 Å². The molecule has 21 heavy (non-hydrogen) atoms. The van der Waals surface area contributed by atoms with Gasteiger partial charge in [-0.15, -0.1) is 0 Å². The monoisotopic (exact) mass is 328 g/mol. The predicted molar refractivity (Wildman–Crippen MR) is 83.9 cm³/mol. The standard InChI is InChI=1S/C13H17ClN4O2S/c1-3-7-18(11-6-4-5-10(15)8-11)21(19,20)13-12(14)9-16-17(13)2/h4-6,8-9H,3,7,15H2,1-2H3. The number of hydrogen-bond donors (Lipinski definition) is 1. The van der Waals surface area contributed by atoms with Crippen LogP contribution in [0.4, 0.5) is 11.4 Å². The van der Waals surface area contributed by atoms with Crippen molar-refractivity contribution in [1.29, 1.82) is 0 Å². The van der Waals surface area contributed by atoms with Gasteiger partial charge in [-0.05, 0) is 24.6 Å². The van der Waals surface area contributed by atoms with Crippen LogP contribution in [0.1, 0.15) is 13.3 Å². The number of anilines is 2. The van der Waals surface area contributed by atoms with Crippen LogP contribution < -0.4 is 10.0 Å². The summed E-state index contributed by atoms with van der Waals surface area (Å²) in [6.07, 6.45) is 1.97. The number of nitrogens with two attached hydrogens (primary N) is 1. The Kier molecular flexibility index (Phi) is 4.43. The third-order valence-electron chi connectivity index (χ3n) is 2.96. The van der Waals surface area contributed by atoms with Crippen molar-refractivity contribution < 1.29 is 8.42 Å². The van der Waals surface area contributed by atoms with E-state index in [9.17, 15) is 8.42 Å². The second kappa shape index (κ2) is 5.95. The number of rotatable bonds is 5. The van der Waals surface area contributed by atoms with Crippen LogP contribution in [-0.2, 0) is 17.1 Å². The molecule has 1 heterocycles. The number of nitrogen functional groups attached to an aromatic ring is 1. The zero-order valence-corrected chi connectivity index (χ0v) is 13.4. The molecule has 2 rings (SSSR count). The smallest absolute Gasteiger partial charge is 0.283 e. The van der Waals surface area contributed by atoms with Crippen LogP contribution in [-0.4, -0.2) is 24.7 Å². The zero-order chi connectivity index (χ0) is 15.6. The summed E-state index contributed by atoms with van der Waals surface area (Å²) in [6, 6.07) is 6.75. The lowest BCUT2D eigenvalue weighted by Gasteiger charge is -2.24. The van der Waals surface area contributed by atoms with Crippen molar-refractivity contribution in [3.8, 4) is 0 Å². The maximum atomic E-state index is 12.9. The van der Waals surface area contributed by atoms with E-state index in [1.807, 2.05) is 6.92 Å². The van der Waals surface area contributed by atoms with E-state index in [1.165, 1.54) is 15.2 Å². The lowest BCUT2D eigenvalue weighted by Crippen LogP contribution is -2.33. The molecule has 0 saturated heterocycles. The summed E-state index contributed by atoms with van der Waals surface area (Å²) in [5.41, 5.74) is 6.76. The highest BCUT2D eigenvalue weighted by Crippen LogP contribution is 2.29. The number of aryl methyl sites for hydroxylation is 1. The lowest BCUT2D eigenvalue weighted by molar-refractivity contribution is 0.571. The molecule has 2 aromatic rings. The molecular formula is C13H17ClN4O2S. The second-order valence-corrected chi connectivity index (χ2v) is 6.78. The Hall–Kier alpha value is -1.73. The summed E-state index contributed by atoms with van der Waals surface area (Å²) in [6.45, 7) is 2.23. The molecule has 8 heteroatoms. The summed E-state index contributed by atoms with van der Waals surface area (Å²) in [5, 5.41) is 3.96. The fourth-order valence-corrected chi connectivity index (χ4v) is 4.23. The first-order valence-electron chi connectivity index (χ1n) is 6.43. The molecule has 1 aromatic heterocycles. The maximum Gasteiger partial charge on any atom is 0.283 e. The van der Waals surface area contributed by atoms with E-state index in [-0.39, 0.29) is 10.0 Å². The maximum absolute atomic E-state index is 12.9. The van der Waals surface area contributed by atoms with Crippen LogP contribution in [0, 0.1) is 0 Å². The fourth-order valence-electron chi connectivity index (χ4n) is 2.07. The van der Waals surface area contributed by atoms with Gasteiger partial charge in [-0.2, -0.15) is 13.5 Å². The van der Waals surface area contributed by atoms with Gasteiger partial charge in [-0.3, -0.25) is 8.99 Å². The first-order valence-corrected chi connectivity index (χ1v) is 8.25. The minimum Gasteiger partial charge on any atom is -0.399 e. The third-order valence-corrected chi connectivity index (χ3v) is 5.30. The normalized spacial score (nSPS) is 11.6. The van der Waals surface area contributed by atoms with Crippen molar-refractivity contribution in [2.24, 2.45) is 7.05 Å². The van der Waals surface area contributed by atoms with E-state index < -0.39 is 10.0 Å². The van der Waals surface area contributed by atoms with Crippen LogP contribution in [0.15, 0.2) is 35.5 Å². The molecule has 6 nitrogen and oxygen atoms in total. The molecule has 114 valence electrons. The lowest BCUT2D eigenvalue weighted by atomic mass is 10.3. The van der Waals surface area contributed by atoms with Crippen molar-refractivity contribution >= 4 is 33.0 Å². The van der Waals surface area contributed by atoms with Crippen LogP contribution in [0.2, 0.25) is 5.02 Å². The topological polar surface area (TPSA) is 81.2 Å².